The number of esters is 4. The summed E-state index contributed by atoms with van der Waals surface area (Å²) in [6, 6.07) is 0. The first-order valence-corrected chi connectivity index (χ1v) is 46.6. The summed E-state index contributed by atoms with van der Waals surface area (Å²) < 4.78 is 68.8. The number of carbonyl (C=O) groups excluding carboxylic acids is 4. The van der Waals surface area contributed by atoms with E-state index in [9.17, 15) is 43.2 Å². The van der Waals surface area contributed by atoms with Gasteiger partial charge in [-0.05, 0) is 31.6 Å². The van der Waals surface area contributed by atoms with Crippen LogP contribution in [-0.2, 0) is 65.4 Å². The second kappa shape index (κ2) is 76.8. The summed E-state index contributed by atoms with van der Waals surface area (Å²) in [5.74, 6) is -1.43. The maximum atomic E-state index is 13.1. The van der Waals surface area contributed by atoms with Crippen molar-refractivity contribution in [2.45, 2.75) is 470 Å². The highest BCUT2D eigenvalue weighted by Gasteiger charge is 2.30. The van der Waals surface area contributed by atoms with Gasteiger partial charge in [0, 0.05) is 25.7 Å². The lowest BCUT2D eigenvalue weighted by molar-refractivity contribution is -0.161. The molecule has 17 nitrogen and oxygen atoms in total. The molecular formula is C84H164O17P2. The Kier molecular flexibility index (Phi) is 75.4. The number of aliphatic hydroxyl groups excluding tert-OH is 1. The Morgan fingerprint density at radius 3 is 0.660 bits per heavy atom. The van der Waals surface area contributed by atoms with Crippen molar-refractivity contribution in [3.63, 3.8) is 0 Å². The normalized spacial score (nSPS) is 13.8. The Morgan fingerprint density at radius 1 is 0.262 bits per heavy atom. The van der Waals surface area contributed by atoms with E-state index in [2.05, 4.69) is 34.6 Å². The van der Waals surface area contributed by atoms with Gasteiger partial charge in [-0.1, -0.05) is 401 Å². The Balaban J connectivity index is 5.19. The van der Waals surface area contributed by atoms with Crippen LogP contribution in [0, 0.1) is 5.92 Å². The lowest BCUT2D eigenvalue weighted by Gasteiger charge is -2.21. The number of phosphoric acid groups is 2. The van der Waals surface area contributed by atoms with E-state index in [4.69, 9.17) is 37.0 Å². The second-order valence-electron chi connectivity index (χ2n) is 30.7. The zero-order chi connectivity index (χ0) is 75.5. The van der Waals surface area contributed by atoms with Crippen molar-refractivity contribution in [1.29, 1.82) is 0 Å². The molecule has 612 valence electrons. The van der Waals surface area contributed by atoms with Crippen molar-refractivity contribution >= 4 is 39.5 Å². The van der Waals surface area contributed by atoms with Crippen LogP contribution in [0.2, 0.25) is 0 Å². The van der Waals surface area contributed by atoms with Gasteiger partial charge in [-0.25, -0.2) is 9.13 Å². The third-order valence-electron chi connectivity index (χ3n) is 19.8. The second-order valence-corrected chi connectivity index (χ2v) is 33.6. The molecule has 0 aromatic heterocycles. The van der Waals surface area contributed by atoms with Gasteiger partial charge in [-0.15, -0.1) is 0 Å². The lowest BCUT2D eigenvalue weighted by atomic mass is 10.0. The molecule has 0 aromatic carbocycles. The van der Waals surface area contributed by atoms with Gasteiger partial charge in [0.05, 0.1) is 26.4 Å². The third kappa shape index (κ3) is 78.0. The van der Waals surface area contributed by atoms with E-state index in [1.165, 1.54) is 270 Å². The van der Waals surface area contributed by atoms with Gasteiger partial charge in [0.1, 0.15) is 19.3 Å². The fraction of sp³-hybridized carbons (Fsp3) is 0.952. The van der Waals surface area contributed by atoms with E-state index in [-0.39, 0.29) is 25.7 Å². The number of ether oxygens (including phenoxy) is 4. The zero-order valence-electron chi connectivity index (χ0n) is 67.5. The van der Waals surface area contributed by atoms with Crippen LogP contribution in [0.4, 0.5) is 0 Å². The SMILES string of the molecule is CCCCCCCCCCCCCCCCCCCCCCCC(=O)O[C@H](COC(=O)CCCCCCCCCCCCCCCCCCCCCC)COP(=O)(O)OC[C@@H](O)COP(=O)(O)OC[C@@H](COC(=O)CCCCCCCCC(C)C)OC(=O)CCCCCCCCCCCCCCC. The molecule has 5 atom stereocenters. The maximum absolute atomic E-state index is 13.1. The highest BCUT2D eigenvalue weighted by molar-refractivity contribution is 7.47. The van der Waals surface area contributed by atoms with Crippen LogP contribution in [0.1, 0.15) is 452 Å². The summed E-state index contributed by atoms with van der Waals surface area (Å²) in [6.07, 6.45) is 69.7. The predicted molar refractivity (Wildman–Crippen MR) is 423 cm³/mol. The zero-order valence-corrected chi connectivity index (χ0v) is 69.3. The Bertz CT molecular complexity index is 1960. The molecule has 0 saturated heterocycles. The molecule has 0 spiro atoms. The van der Waals surface area contributed by atoms with E-state index >= 15 is 0 Å². The minimum atomic E-state index is -4.96. The number of hydrogen-bond acceptors (Lipinski definition) is 15. The van der Waals surface area contributed by atoms with Crippen LogP contribution in [0.25, 0.3) is 0 Å². The molecule has 2 unspecified atom stereocenters. The van der Waals surface area contributed by atoms with Crippen molar-refractivity contribution in [3.05, 3.63) is 0 Å². The summed E-state index contributed by atoms with van der Waals surface area (Å²) in [5, 5.41) is 10.6. The minimum absolute atomic E-state index is 0.107. The van der Waals surface area contributed by atoms with Gasteiger partial charge in [0.2, 0.25) is 0 Å². The molecule has 0 bridgehead atoms. The van der Waals surface area contributed by atoms with Gasteiger partial charge in [-0.3, -0.25) is 37.3 Å². The van der Waals surface area contributed by atoms with Crippen LogP contribution < -0.4 is 0 Å². The van der Waals surface area contributed by atoms with Gasteiger partial charge >= 0.3 is 39.5 Å². The minimum Gasteiger partial charge on any atom is -0.462 e. The van der Waals surface area contributed by atoms with Gasteiger partial charge < -0.3 is 33.8 Å². The van der Waals surface area contributed by atoms with Gasteiger partial charge in [-0.2, -0.15) is 0 Å². The van der Waals surface area contributed by atoms with E-state index < -0.39 is 97.5 Å². The Hall–Kier alpha value is -1.94. The lowest BCUT2D eigenvalue weighted by Crippen LogP contribution is -2.30. The molecule has 0 saturated carbocycles. The molecule has 0 radical (unpaired) electrons. The smallest absolute Gasteiger partial charge is 0.462 e. The average molecular weight is 1510 g/mol. The maximum Gasteiger partial charge on any atom is 0.472 e. The number of rotatable bonds is 84. The van der Waals surface area contributed by atoms with Crippen LogP contribution in [0.15, 0.2) is 0 Å². The summed E-state index contributed by atoms with van der Waals surface area (Å²) >= 11 is 0. The number of hydrogen-bond donors (Lipinski definition) is 3. The molecule has 0 amide bonds. The van der Waals surface area contributed by atoms with Crippen molar-refractivity contribution in [2.24, 2.45) is 5.92 Å². The number of unbranched alkanes of at least 4 members (excludes halogenated alkanes) is 56. The van der Waals surface area contributed by atoms with E-state index in [0.29, 0.717) is 31.6 Å². The van der Waals surface area contributed by atoms with Gasteiger partial charge in [0.15, 0.2) is 12.2 Å². The van der Waals surface area contributed by atoms with Crippen LogP contribution in [-0.4, -0.2) is 96.7 Å². The average Bonchev–Trinajstić information content (AvgIpc) is 0.947. The fourth-order valence-electron chi connectivity index (χ4n) is 13.1. The van der Waals surface area contributed by atoms with Crippen molar-refractivity contribution in [3.8, 4) is 0 Å². The number of aliphatic hydroxyl groups is 1. The standard InChI is InChI=1S/C84H164O17P2/c1-6-9-12-15-18-21-24-27-29-31-33-35-37-39-41-44-47-50-53-60-65-70-83(88)100-79(73-94-81(86)67-62-57-51-48-45-43-40-38-36-34-32-30-28-25-22-19-16-13-10-7-2)75-98-102(90,91)96-71-78(85)72-97-103(92,93)99-76-80(74-95-82(87)68-63-58-55-54-56-61-66-77(4)5)101-84(89)69-64-59-52-49-46-42-26-23-20-17-14-11-8-3/h77-80,85H,6-76H2,1-5H3,(H,90,91)(H,92,93)/t78-,79-,80-/m1/s1. The molecule has 0 aliphatic rings. The quantitative estimate of drug-likeness (QED) is 0.0222. The summed E-state index contributed by atoms with van der Waals surface area (Å²) in [7, 11) is -9.92. The first-order chi connectivity index (χ1) is 50.0. The van der Waals surface area contributed by atoms with Crippen molar-refractivity contribution in [1.82, 2.24) is 0 Å². The molecule has 0 aromatic rings. The van der Waals surface area contributed by atoms with E-state index in [1.807, 2.05) is 0 Å². The van der Waals surface area contributed by atoms with Crippen molar-refractivity contribution < 1.29 is 80.2 Å². The molecule has 0 heterocycles. The van der Waals surface area contributed by atoms with E-state index in [1.54, 1.807) is 0 Å². The molecule has 0 rings (SSSR count). The molecule has 3 N–H and O–H groups in total. The summed E-state index contributed by atoms with van der Waals surface area (Å²) in [5.41, 5.74) is 0. The number of phosphoric ester groups is 2. The molecule has 0 fully saturated rings. The third-order valence-corrected chi connectivity index (χ3v) is 21.7. The molecule has 0 aliphatic heterocycles. The largest absolute Gasteiger partial charge is 0.472 e. The Labute approximate surface area is 632 Å². The summed E-state index contributed by atoms with van der Waals surface area (Å²) in [4.78, 5) is 73.1. The van der Waals surface area contributed by atoms with Crippen molar-refractivity contribution in [2.75, 3.05) is 39.6 Å². The fourth-order valence-corrected chi connectivity index (χ4v) is 14.7. The topological polar surface area (TPSA) is 237 Å². The van der Waals surface area contributed by atoms with Crippen LogP contribution in [0.3, 0.4) is 0 Å². The van der Waals surface area contributed by atoms with Crippen LogP contribution in [0.5, 0.6) is 0 Å². The highest BCUT2D eigenvalue weighted by Crippen LogP contribution is 2.45. The highest BCUT2D eigenvalue weighted by atomic mass is 31.2. The molecular weight excluding hydrogens is 1340 g/mol. The first kappa shape index (κ1) is 101. The van der Waals surface area contributed by atoms with Gasteiger partial charge in [0.25, 0.3) is 0 Å². The monoisotopic (exact) mass is 1510 g/mol. The van der Waals surface area contributed by atoms with E-state index in [0.717, 1.165) is 96.3 Å². The predicted octanol–water partition coefficient (Wildman–Crippen LogP) is 25.6. The number of carbonyl (C=O) groups is 4. The molecule has 19 heteroatoms. The molecule has 103 heavy (non-hydrogen) atoms. The van der Waals surface area contributed by atoms with Crippen LogP contribution >= 0.6 is 15.6 Å². The Morgan fingerprint density at radius 2 is 0.447 bits per heavy atom. The summed E-state index contributed by atoms with van der Waals surface area (Å²) in [6.45, 7) is 7.26. The first-order valence-electron chi connectivity index (χ1n) is 43.6. The molecule has 0 aliphatic carbocycles.